The molecule has 3 N–H and O–H groups in total. The fraction of sp³-hybridized carbons (Fsp3) is 0.667. The Morgan fingerprint density at radius 1 is 0.659 bits per heavy atom. The number of quaternary nitrogens is 1. The molecule has 0 aromatic heterocycles. The molecule has 5 heteroatoms. The van der Waals surface area contributed by atoms with E-state index in [-0.39, 0.29) is 39.1 Å². The number of aliphatic hydroxyl groups is 2. The van der Waals surface area contributed by atoms with Gasteiger partial charge in [-0.15, -0.1) is 12.4 Å². The zero-order chi connectivity index (χ0) is 27.8. The lowest BCUT2D eigenvalue weighted by molar-refractivity contribution is -0.860. The minimum absolute atomic E-state index is 0. The third kappa shape index (κ3) is 11.6. The Labute approximate surface area is 260 Å². The molecule has 2 aliphatic rings. The SMILES string of the molecule is C.C.Cc1ccc(C(CN(C)C)C2(O)CCCCC2)cc1.Cc1ccc([C@@H](C[NH+](C)C)C2(O)CCCCC2)cc1.Cl. The highest BCUT2D eigenvalue weighted by molar-refractivity contribution is 5.85. The van der Waals surface area contributed by atoms with E-state index >= 15 is 0 Å². The van der Waals surface area contributed by atoms with Gasteiger partial charge in [0.15, 0.2) is 0 Å². The van der Waals surface area contributed by atoms with Crippen molar-refractivity contribution in [2.75, 3.05) is 41.3 Å². The van der Waals surface area contributed by atoms with Gasteiger partial charge in [-0.3, -0.25) is 0 Å². The molecule has 2 atom stereocenters. The van der Waals surface area contributed by atoms with Crippen LogP contribution in [0.15, 0.2) is 48.5 Å². The predicted molar refractivity (Wildman–Crippen MR) is 181 cm³/mol. The van der Waals surface area contributed by atoms with Crippen LogP contribution in [0.5, 0.6) is 0 Å². The van der Waals surface area contributed by atoms with Crippen LogP contribution in [0.2, 0.25) is 0 Å². The molecule has 2 aromatic carbocycles. The molecule has 0 saturated heterocycles. The number of hydrogen-bond acceptors (Lipinski definition) is 3. The van der Waals surface area contributed by atoms with E-state index in [4.69, 9.17) is 0 Å². The van der Waals surface area contributed by atoms with Crippen LogP contribution >= 0.6 is 12.4 Å². The van der Waals surface area contributed by atoms with Gasteiger partial charge in [-0.2, -0.15) is 0 Å². The number of hydrogen-bond donors (Lipinski definition) is 3. The normalized spacial score (nSPS) is 19.0. The number of rotatable bonds is 8. The maximum absolute atomic E-state index is 11.1. The summed E-state index contributed by atoms with van der Waals surface area (Å²) >= 11 is 0. The third-order valence-corrected chi connectivity index (χ3v) is 8.86. The second kappa shape index (κ2) is 18.3. The van der Waals surface area contributed by atoms with Gasteiger partial charge in [-0.05, 0) is 64.8 Å². The molecule has 4 rings (SSSR count). The predicted octanol–water partition coefficient (Wildman–Crippen LogP) is 6.95. The number of halogens is 1. The Morgan fingerprint density at radius 2 is 1.00 bits per heavy atom. The van der Waals surface area contributed by atoms with E-state index in [1.165, 1.54) is 52.8 Å². The molecule has 0 bridgehead atoms. The standard InChI is InChI=1S/2C17H27NO.2CH4.ClH/c2*1-14-7-9-15(10-8-14)16(13-18(2)3)17(19)11-5-4-6-12-17;;;/h2*7-10,16,19H,4-6,11-13H2,1-3H3;2*1H4;1H/p+1/t16-;;;;/m1..../s1. The fourth-order valence-corrected chi connectivity index (χ4v) is 6.60. The first-order chi connectivity index (χ1) is 18.0. The highest BCUT2D eigenvalue weighted by Gasteiger charge is 2.40. The van der Waals surface area contributed by atoms with Crippen molar-refractivity contribution in [1.82, 2.24) is 4.90 Å². The van der Waals surface area contributed by atoms with Crippen molar-refractivity contribution in [2.45, 2.75) is 116 Å². The van der Waals surface area contributed by atoms with Gasteiger partial charge in [-0.25, -0.2) is 0 Å². The first-order valence-electron chi connectivity index (χ1n) is 15.0. The maximum atomic E-state index is 11.1. The second-order valence-corrected chi connectivity index (χ2v) is 12.9. The van der Waals surface area contributed by atoms with Crippen molar-refractivity contribution in [1.29, 1.82) is 0 Å². The fourth-order valence-electron chi connectivity index (χ4n) is 6.60. The molecule has 0 spiro atoms. The summed E-state index contributed by atoms with van der Waals surface area (Å²) in [5, 5.41) is 22.2. The van der Waals surface area contributed by atoms with Crippen LogP contribution < -0.4 is 4.90 Å². The molecule has 2 fully saturated rings. The van der Waals surface area contributed by atoms with Crippen molar-refractivity contribution in [2.24, 2.45) is 0 Å². The van der Waals surface area contributed by atoms with E-state index in [0.717, 1.165) is 51.6 Å². The van der Waals surface area contributed by atoms with Crippen LogP contribution in [0.25, 0.3) is 0 Å². The lowest BCUT2D eigenvalue weighted by Crippen LogP contribution is -3.06. The molecule has 2 saturated carbocycles. The summed E-state index contributed by atoms with van der Waals surface area (Å²) in [6, 6.07) is 17.4. The largest absolute Gasteiger partial charge is 0.389 e. The Balaban J connectivity index is 0.000000727. The van der Waals surface area contributed by atoms with Crippen molar-refractivity contribution in [3.63, 3.8) is 0 Å². The average Bonchev–Trinajstić information content (AvgIpc) is 2.88. The Morgan fingerprint density at radius 3 is 1.34 bits per heavy atom. The van der Waals surface area contributed by atoms with E-state index in [0.29, 0.717) is 0 Å². The van der Waals surface area contributed by atoms with Crippen molar-refractivity contribution < 1.29 is 15.1 Å². The zero-order valence-corrected chi connectivity index (χ0v) is 26.3. The van der Waals surface area contributed by atoms with Crippen LogP contribution in [0.1, 0.15) is 113 Å². The maximum Gasteiger partial charge on any atom is 0.0864 e. The molecule has 2 aliphatic carbocycles. The molecule has 1 unspecified atom stereocenters. The molecule has 0 radical (unpaired) electrons. The summed E-state index contributed by atoms with van der Waals surface area (Å²) in [5.41, 5.74) is 4.14. The lowest BCUT2D eigenvalue weighted by atomic mass is 9.72. The lowest BCUT2D eigenvalue weighted by Gasteiger charge is -2.40. The summed E-state index contributed by atoms with van der Waals surface area (Å²) in [4.78, 5) is 3.60. The Hall–Kier alpha value is -1.43. The second-order valence-electron chi connectivity index (χ2n) is 12.9. The van der Waals surface area contributed by atoms with Gasteiger partial charge in [0, 0.05) is 12.5 Å². The van der Waals surface area contributed by atoms with E-state index in [9.17, 15) is 10.2 Å². The molecular weight excluding hydrogens is 528 g/mol. The monoisotopic (exact) mass is 591 g/mol. The summed E-state index contributed by atoms with van der Waals surface area (Å²) in [6.45, 7) is 6.14. The smallest absolute Gasteiger partial charge is 0.0864 e. The molecular formula is C36H64ClN2O2+. The number of likely N-dealkylation sites (N-methyl/N-ethyl adjacent to an activating group) is 2. The van der Waals surface area contributed by atoms with E-state index < -0.39 is 11.2 Å². The van der Waals surface area contributed by atoms with Crippen molar-refractivity contribution in [3.05, 3.63) is 70.8 Å². The van der Waals surface area contributed by atoms with Gasteiger partial charge >= 0.3 is 0 Å². The molecule has 236 valence electrons. The number of nitrogens with zero attached hydrogens (tertiary/aromatic N) is 1. The molecule has 2 aromatic rings. The van der Waals surface area contributed by atoms with Crippen LogP contribution in [0, 0.1) is 13.8 Å². The summed E-state index contributed by atoms with van der Waals surface area (Å²) in [5.74, 6) is 0.488. The highest BCUT2D eigenvalue weighted by Crippen LogP contribution is 2.41. The first kappa shape index (κ1) is 39.6. The Kier molecular flexibility index (Phi) is 17.6. The number of aryl methyl sites for hydroxylation is 2. The Bertz CT molecular complexity index is 867. The van der Waals surface area contributed by atoms with E-state index in [1.54, 1.807) is 0 Å². The number of nitrogens with one attached hydrogen (secondary N) is 1. The minimum atomic E-state index is -0.516. The van der Waals surface area contributed by atoms with Crippen LogP contribution in [0.4, 0.5) is 0 Å². The van der Waals surface area contributed by atoms with Gasteiger partial charge in [0.05, 0.1) is 37.8 Å². The quantitative estimate of drug-likeness (QED) is 0.311. The summed E-state index contributed by atoms with van der Waals surface area (Å²) in [6.07, 6.45) is 11.0. The van der Waals surface area contributed by atoms with E-state index in [2.05, 4.69) is 95.5 Å². The van der Waals surface area contributed by atoms with Crippen LogP contribution in [0.3, 0.4) is 0 Å². The van der Waals surface area contributed by atoms with Crippen molar-refractivity contribution in [3.8, 4) is 0 Å². The van der Waals surface area contributed by atoms with Gasteiger partial charge in [0.2, 0.25) is 0 Å². The molecule has 0 heterocycles. The van der Waals surface area contributed by atoms with E-state index in [1.807, 2.05) is 0 Å². The van der Waals surface area contributed by atoms with Crippen LogP contribution in [-0.2, 0) is 0 Å². The minimum Gasteiger partial charge on any atom is -0.389 e. The molecule has 4 nitrogen and oxygen atoms in total. The molecule has 0 amide bonds. The van der Waals surface area contributed by atoms with Gasteiger partial charge in [0.1, 0.15) is 0 Å². The van der Waals surface area contributed by atoms with Crippen molar-refractivity contribution >= 4 is 12.4 Å². The van der Waals surface area contributed by atoms with Gasteiger partial charge in [0.25, 0.3) is 0 Å². The zero-order valence-electron chi connectivity index (χ0n) is 25.5. The first-order valence-corrected chi connectivity index (χ1v) is 15.0. The van der Waals surface area contributed by atoms with Gasteiger partial charge in [-0.1, -0.05) is 113 Å². The average molecular weight is 592 g/mol. The third-order valence-electron chi connectivity index (χ3n) is 8.86. The molecule has 41 heavy (non-hydrogen) atoms. The topological polar surface area (TPSA) is 48.1 Å². The van der Waals surface area contributed by atoms with Crippen LogP contribution in [-0.4, -0.2) is 67.6 Å². The summed E-state index contributed by atoms with van der Waals surface area (Å²) < 4.78 is 0. The van der Waals surface area contributed by atoms with Gasteiger partial charge < -0.3 is 20.0 Å². The number of benzene rings is 2. The highest BCUT2D eigenvalue weighted by atomic mass is 35.5. The summed E-state index contributed by atoms with van der Waals surface area (Å²) in [7, 11) is 8.53. The molecule has 0 aliphatic heterocycles.